The number of anilines is 1. The van der Waals surface area contributed by atoms with Crippen molar-refractivity contribution >= 4 is 11.7 Å². The van der Waals surface area contributed by atoms with Gasteiger partial charge in [-0.05, 0) is 31.9 Å². The lowest BCUT2D eigenvalue weighted by Crippen LogP contribution is -2.54. The van der Waals surface area contributed by atoms with E-state index in [9.17, 15) is 4.79 Å². The number of nitrogens with zero attached hydrogens (tertiary/aromatic N) is 3. The summed E-state index contributed by atoms with van der Waals surface area (Å²) in [6, 6.07) is 4.12. The SMILES string of the molecule is C[C@@H](NC(=O)N1CCN(c2ccncc2)CC1)[C@@H]1CCCO1. The number of urea groups is 1. The zero-order chi connectivity index (χ0) is 15.4. The van der Waals surface area contributed by atoms with Crippen molar-refractivity contribution in [3.8, 4) is 0 Å². The summed E-state index contributed by atoms with van der Waals surface area (Å²) in [5, 5.41) is 3.08. The van der Waals surface area contributed by atoms with Crippen LogP contribution in [0.4, 0.5) is 10.5 Å². The highest BCUT2D eigenvalue weighted by Gasteiger charge is 2.27. The Morgan fingerprint density at radius 2 is 2.05 bits per heavy atom. The normalized spacial score (nSPS) is 23.4. The molecule has 3 heterocycles. The van der Waals surface area contributed by atoms with Gasteiger partial charge in [0.2, 0.25) is 0 Å². The summed E-state index contributed by atoms with van der Waals surface area (Å²) in [6.45, 7) is 6.03. The van der Waals surface area contributed by atoms with Crippen LogP contribution in [-0.2, 0) is 4.74 Å². The summed E-state index contributed by atoms with van der Waals surface area (Å²) in [4.78, 5) is 20.6. The summed E-state index contributed by atoms with van der Waals surface area (Å²) in [5.74, 6) is 0. The van der Waals surface area contributed by atoms with Gasteiger partial charge in [-0.1, -0.05) is 0 Å². The van der Waals surface area contributed by atoms with Crippen LogP contribution in [0.15, 0.2) is 24.5 Å². The fourth-order valence-electron chi connectivity index (χ4n) is 3.10. The molecule has 6 heteroatoms. The molecule has 22 heavy (non-hydrogen) atoms. The second-order valence-electron chi connectivity index (χ2n) is 5.97. The second kappa shape index (κ2) is 6.96. The molecule has 0 unspecified atom stereocenters. The van der Waals surface area contributed by atoms with Crippen LogP contribution in [0.5, 0.6) is 0 Å². The summed E-state index contributed by atoms with van der Waals surface area (Å²) >= 11 is 0. The van der Waals surface area contributed by atoms with Crippen LogP contribution in [0, 0.1) is 0 Å². The van der Waals surface area contributed by atoms with Gasteiger partial charge in [0.05, 0.1) is 12.1 Å². The summed E-state index contributed by atoms with van der Waals surface area (Å²) in [6.07, 6.45) is 5.91. The lowest BCUT2D eigenvalue weighted by Gasteiger charge is -2.36. The minimum absolute atomic E-state index is 0.0254. The molecule has 2 aliphatic heterocycles. The van der Waals surface area contributed by atoms with Crippen molar-refractivity contribution in [3.63, 3.8) is 0 Å². The van der Waals surface area contributed by atoms with Gasteiger partial charge >= 0.3 is 6.03 Å². The van der Waals surface area contributed by atoms with Crippen LogP contribution in [0.3, 0.4) is 0 Å². The first-order valence-electron chi connectivity index (χ1n) is 8.06. The van der Waals surface area contributed by atoms with Gasteiger partial charge in [0, 0.05) is 50.9 Å². The van der Waals surface area contributed by atoms with E-state index in [1.54, 1.807) is 12.4 Å². The highest BCUT2D eigenvalue weighted by atomic mass is 16.5. The van der Waals surface area contributed by atoms with Gasteiger partial charge in [-0.15, -0.1) is 0 Å². The van der Waals surface area contributed by atoms with E-state index in [0.717, 1.165) is 45.6 Å². The molecule has 0 aliphatic carbocycles. The Hall–Kier alpha value is -1.82. The van der Waals surface area contributed by atoms with E-state index in [1.165, 1.54) is 5.69 Å². The predicted octanol–water partition coefficient (Wildman–Crippen LogP) is 1.48. The van der Waals surface area contributed by atoms with E-state index < -0.39 is 0 Å². The van der Waals surface area contributed by atoms with Crippen LogP contribution in [0.2, 0.25) is 0 Å². The van der Waals surface area contributed by atoms with E-state index in [4.69, 9.17) is 4.74 Å². The molecule has 0 radical (unpaired) electrons. The smallest absolute Gasteiger partial charge is 0.317 e. The minimum atomic E-state index is 0.0254. The van der Waals surface area contributed by atoms with Crippen LogP contribution in [0.1, 0.15) is 19.8 Å². The van der Waals surface area contributed by atoms with Crippen molar-refractivity contribution in [1.82, 2.24) is 15.2 Å². The highest BCUT2D eigenvalue weighted by molar-refractivity contribution is 5.75. The van der Waals surface area contributed by atoms with Gasteiger partial charge in [0.15, 0.2) is 0 Å². The monoisotopic (exact) mass is 304 g/mol. The fraction of sp³-hybridized carbons (Fsp3) is 0.625. The molecule has 1 aromatic rings. The first-order chi connectivity index (χ1) is 10.7. The number of hydrogen-bond donors (Lipinski definition) is 1. The Morgan fingerprint density at radius 3 is 2.68 bits per heavy atom. The van der Waals surface area contributed by atoms with Crippen molar-refractivity contribution in [3.05, 3.63) is 24.5 Å². The largest absolute Gasteiger partial charge is 0.376 e. The van der Waals surface area contributed by atoms with E-state index >= 15 is 0 Å². The maximum Gasteiger partial charge on any atom is 0.317 e. The first-order valence-corrected chi connectivity index (χ1v) is 8.06. The maximum atomic E-state index is 12.3. The number of piperazine rings is 1. The molecule has 1 N–H and O–H groups in total. The zero-order valence-corrected chi connectivity index (χ0v) is 13.1. The van der Waals surface area contributed by atoms with Crippen LogP contribution in [-0.4, -0.2) is 60.8 Å². The average molecular weight is 304 g/mol. The molecule has 120 valence electrons. The summed E-state index contributed by atoms with van der Waals surface area (Å²) in [7, 11) is 0. The van der Waals surface area contributed by atoms with Crippen LogP contribution < -0.4 is 10.2 Å². The number of ether oxygens (including phenoxy) is 1. The van der Waals surface area contributed by atoms with Crippen LogP contribution >= 0.6 is 0 Å². The van der Waals surface area contributed by atoms with E-state index in [-0.39, 0.29) is 18.2 Å². The van der Waals surface area contributed by atoms with Gasteiger partial charge in [-0.25, -0.2) is 4.79 Å². The average Bonchev–Trinajstić information content (AvgIpc) is 3.10. The van der Waals surface area contributed by atoms with Crippen molar-refractivity contribution < 1.29 is 9.53 Å². The quantitative estimate of drug-likeness (QED) is 0.919. The number of carbonyl (C=O) groups is 1. The zero-order valence-electron chi connectivity index (χ0n) is 13.1. The Balaban J connectivity index is 1.47. The molecule has 2 atom stereocenters. The van der Waals surface area contributed by atoms with Gasteiger partial charge in [0.1, 0.15) is 0 Å². The third-order valence-corrected chi connectivity index (χ3v) is 4.47. The molecule has 6 nitrogen and oxygen atoms in total. The molecule has 3 rings (SSSR count). The topological polar surface area (TPSA) is 57.7 Å². The number of carbonyl (C=O) groups excluding carboxylic acids is 1. The second-order valence-corrected chi connectivity index (χ2v) is 5.97. The van der Waals surface area contributed by atoms with E-state index in [1.807, 2.05) is 24.0 Å². The lowest BCUT2D eigenvalue weighted by molar-refractivity contribution is 0.0831. The highest BCUT2D eigenvalue weighted by Crippen LogP contribution is 2.17. The Morgan fingerprint density at radius 1 is 1.32 bits per heavy atom. The Labute approximate surface area is 131 Å². The first kappa shape index (κ1) is 15.1. The lowest BCUT2D eigenvalue weighted by atomic mass is 10.1. The number of nitrogens with one attached hydrogen (secondary N) is 1. The fourth-order valence-corrected chi connectivity index (χ4v) is 3.10. The minimum Gasteiger partial charge on any atom is -0.376 e. The molecular formula is C16H24N4O2. The van der Waals surface area contributed by atoms with Crippen molar-refractivity contribution in [2.45, 2.75) is 31.9 Å². The number of amides is 2. The number of hydrogen-bond acceptors (Lipinski definition) is 4. The number of aromatic nitrogens is 1. The Bertz CT molecular complexity index is 482. The molecule has 0 aromatic carbocycles. The molecule has 0 bridgehead atoms. The van der Waals surface area contributed by atoms with Gasteiger partial charge in [0.25, 0.3) is 0 Å². The molecule has 0 spiro atoms. The van der Waals surface area contributed by atoms with Gasteiger partial charge in [-0.3, -0.25) is 4.98 Å². The molecule has 0 saturated carbocycles. The molecule has 2 fully saturated rings. The molecule has 1 aromatic heterocycles. The standard InChI is InChI=1S/C16H24N4O2/c1-13(15-3-2-12-22-15)18-16(21)20-10-8-19(9-11-20)14-4-6-17-7-5-14/h4-7,13,15H,2-3,8-12H2,1H3,(H,18,21)/t13-,15+/m1/s1. The maximum absolute atomic E-state index is 12.3. The summed E-state index contributed by atoms with van der Waals surface area (Å²) in [5.41, 5.74) is 1.17. The molecule has 2 amide bonds. The summed E-state index contributed by atoms with van der Waals surface area (Å²) < 4.78 is 5.63. The van der Waals surface area contributed by atoms with Gasteiger partial charge in [-0.2, -0.15) is 0 Å². The third kappa shape index (κ3) is 3.50. The molecule has 2 aliphatic rings. The molecule has 2 saturated heterocycles. The predicted molar refractivity (Wildman–Crippen MR) is 85.0 cm³/mol. The van der Waals surface area contributed by atoms with Crippen LogP contribution in [0.25, 0.3) is 0 Å². The number of pyridine rings is 1. The van der Waals surface area contributed by atoms with Gasteiger partial charge < -0.3 is 19.9 Å². The Kier molecular flexibility index (Phi) is 4.77. The third-order valence-electron chi connectivity index (χ3n) is 4.47. The van der Waals surface area contributed by atoms with Crippen molar-refractivity contribution in [1.29, 1.82) is 0 Å². The number of rotatable bonds is 3. The van der Waals surface area contributed by atoms with Crippen molar-refractivity contribution in [2.75, 3.05) is 37.7 Å². The van der Waals surface area contributed by atoms with E-state index in [0.29, 0.717) is 0 Å². The van der Waals surface area contributed by atoms with E-state index in [2.05, 4.69) is 15.2 Å². The van der Waals surface area contributed by atoms with Crippen molar-refractivity contribution in [2.24, 2.45) is 0 Å². The molecular weight excluding hydrogens is 280 g/mol.